The lowest BCUT2D eigenvalue weighted by Crippen LogP contribution is -2.33. The molecular formula is C21H27N9O8P2S2. The lowest BCUT2D eigenvalue weighted by Gasteiger charge is -2.37. The van der Waals surface area contributed by atoms with Crippen molar-refractivity contribution in [1.29, 1.82) is 0 Å². The van der Waals surface area contributed by atoms with Gasteiger partial charge in [-0.25, -0.2) is 29.1 Å². The smallest absolute Gasteiger partial charge is 0.369 e. The van der Waals surface area contributed by atoms with Gasteiger partial charge in [0.25, 0.3) is 5.56 Å². The summed E-state index contributed by atoms with van der Waals surface area (Å²) >= 11 is 8.15. The number of H-pyrrole nitrogens is 1. The average molecular weight is 660 g/mol. The van der Waals surface area contributed by atoms with Gasteiger partial charge in [0.05, 0.1) is 24.7 Å². The molecule has 1 saturated carbocycles. The van der Waals surface area contributed by atoms with Crippen molar-refractivity contribution in [3.05, 3.63) is 35.0 Å². The number of fused-ring (bicyclic) bond motifs is 2. The van der Waals surface area contributed by atoms with E-state index in [9.17, 15) is 13.9 Å². The Bertz CT molecular complexity index is 1790. The van der Waals surface area contributed by atoms with Gasteiger partial charge >= 0.3 is 13.6 Å². The molecule has 17 nitrogen and oxygen atoms in total. The van der Waals surface area contributed by atoms with E-state index >= 15 is 0 Å². The summed E-state index contributed by atoms with van der Waals surface area (Å²) in [7, 11) is 1.27. The van der Waals surface area contributed by atoms with Crippen LogP contribution in [0.3, 0.4) is 0 Å². The number of thiol groups is 2. The highest BCUT2D eigenvalue weighted by Gasteiger charge is 2.42. The number of rotatable bonds is 10. The fraction of sp³-hybridized carbons (Fsp3) is 0.524. The second-order valence-corrected chi connectivity index (χ2v) is 15.7. The summed E-state index contributed by atoms with van der Waals surface area (Å²) < 4.78 is 56.8. The lowest BCUT2D eigenvalue weighted by atomic mass is 9.89. The molecule has 2 fully saturated rings. The van der Waals surface area contributed by atoms with Crippen LogP contribution in [-0.4, -0.2) is 64.5 Å². The Labute approximate surface area is 248 Å². The van der Waals surface area contributed by atoms with Crippen LogP contribution < -0.4 is 11.3 Å². The Balaban J connectivity index is 1.19. The third-order valence-electron chi connectivity index (χ3n) is 6.98. The van der Waals surface area contributed by atoms with Crippen molar-refractivity contribution < 1.29 is 32.0 Å². The topological polar surface area (TPSA) is 213 Å². The molecule has 1 saturated heterocycles. The summed E-state index contributed by atoms with van der Waals surface area (Å²) in [6, 6.07) is -0.120. The van der Waals surface area contributed by atoms with E-state index in [2.05, 4.69) is 54.4 Å². The number of aromatic nitrogens is 8. The van der Waals surface area contributed by atoms with Crippen LogP contribution in [-0.2, 0) is 38.6 Å². The lowest BCUT2D eigenvalue weighted by molar-refractivity contribution is -0.0252. The molecule has 3 unspecified atom stereocenters. The number of ether oxygens (including phenoxy) is 1. The van der Waals surface area contributed by atoms with Gasteiger partial charge in [-0.15, -0.1) is 0 Å². The fourth-order valence-corrected chi connectivity index (χ4v) is 7.53. The molecule has 5 atom stereocenters. The molecule has 1 aliphatic carbocycles. The zero-order valence-electron chi connectivity index (χ0n) is 22.2. The highest BCUT2D eigenvalue weighted by atomic mass is 32.7. The minimum absolute atomic E-state index is 0.0708. The molecule has 226 valence electrons. The molecule has 0 amide bonds. The van der Waals surface area contributed by atoms with Crippen LogP contribution >= 0.6 is 38.1 Å². The molecular weight excluding hydrogens is 632 g/mol. The van der Waals surface area contributed by atoms with Gasteiger partial charge in [-0.2, -0.15) is 4.98 Å². The number of nitrogens with zero attached hydrogens (tertiary/aromatic N) is 7. The van der Waals surface area contributed by atoms with E-state index in [0.29, 0.717) is 36.3 Å². The first-order valence-corrected chi connectivity index (χ1v) is 18.1. The summed E-state index contributed by atoms with van der Waals surface area (Å²) in [6.07, 6.45) is 3.43. The zero-order chi connectivity index (χ0) is 29.8. The van der Waals surface area contributed by atoms with Crippen LogP contribution in [0.25, 0.3) is 22.3 Å². The highest BCUT2D eigenvalue weighted by molar-refractivity contribution is 8.44. The number of anilines is 1. The molecule has 0 spiro atoms. The van der Waals surface area contributed by atoms with Gasteiger partial charge in [-0.1, -0.05) is 24.5 Å². The predicted octanol–water partition coefficient (Wildman–Crippen LogP) is 3.19. The minimum Gasteiger partial charge on any atom is -0.369 e. The first kappa shape index (κ1) is 29.7. The molecule has 42 heavy (non-hydrogen) atoms. The van der Waals surface area contributed by atoms with Gasteiger partial charge in [0.1, 0.15) is 30.4 Å². The number of aromatic amines is 1. The van der Waals surface area contributed by atoms with Gasteiger partial charge in [0.2, 0.25) is 5.95 Å². The van der Waals surface area contributed by atoms with Crippen molar-refractivity contribution in [3.63, 3.8) is 0 Å². The Morgan fingerprint density at radius 2 is 1.93 bits per heavy atom. The van der Waals surface area contributed by atoms with Crippen molar-refractivity contribution in [1.82, 2.24) is 39.0 Å². The van der Waals surface area contributed by atoms with Crippen molar-refractivity contribution in [2.24, 2.45) is 0 Å². The third-order valence-corrected chi connectivity index (χ3v) is 10.4. The largest absolute Gasteiger partial charge is 0.386 e. The van der Waals surface area contributed by atoms with Crippen LogP contribution in [0.2, 0.25) is 0 Å². The monoisotopic (exact) mass is 659 g/mol. The second kappa shape index (κ2) is 11.3. The van der Waals surface area contributed by atoms with Crippen LogP contribution in [0.1, 0.15) is 44.3 Å². The van der Waals surface area contributed by atoms with E-state index in [1.54, 1.807) is 6.20 Å². The van der Waals surface area contributed by atoms with Crippen molar-refractivity contribution in [2.75, 3.05) is 12.8 Å². The first-order valence-electron chi connectivity index (χ1n) is 12.7. The minimum atomic E-state index is -3.99. The molecule has 5 heterocycles. The van der Waals surface area contributed by atoms with E-state index in [-0.39, 0.29) is 42.0 Å². The SMILES string of the molecule is COP(=O)(S)O[C@H]1C[C@@H](n2c(COP(=O)(S)O[C@@H]3C[C@@H](C)OC3n3cnc4c(=O)[nH]c(N)nc43)nc3cncnc32)C1. The second-order valence-electron chi connectivity index (χ2n) is 9.87. The maximum atomic E-state index is 13.5. The molecule has 2 aliphatic rings. The molecule has 0 bridgehead atoms. The summed E-state index contributed by atoms with van der Waals surface area (Å²) in [6.45, 7) is -5.83. The number of hydrogen-bond acceptors (Lipinski definition) is 14. The molecule has 4 aromatic heterocycles. The number of nitrogen functional groups attached to an aromatic ring is 1. The average Bonchev–Trinajstić information content (AvgIpc) is 3.59. The van der Waals surface area contributed by atoms with Gasteiger partial charge < -0.3 is 19.6 Å². The van der Waals surface area contributed by atoms with Crippen molar-refractivity contribution in [2.45, 2.75) is 63.4 Å². The molecule has 0 aromatic carbocycles. The maximum absolute atomic E-state index is 13.5. The fourth-order valence-electron chi connectivity index (χ4n) is 5.08. The molecule has 0 radical (unpaired) electrons. The number of nitrogens with two attached hydrogens (primary N) is 1. The maximum Gasteiger partial charge on any atom is 0.386 e. The van der Waals surface area contributed by atoms with Gasteiger partial charge in [0.15, 0.2) is 23.0 Å². The number of hydrogen-bond donors (Lipinski definition) is 4. The molecule has 4 aromatic rings. The quantitative estimate of drug-likeness (QED) is 0.142. The predicted molar refractivity (Wildman–Crippen MR) is 155 cm³/mol. The molecule has 1 aliphatic heterocycles. The van der Waals surface area contributed by atoms with Crippen LogP contribution in [0.15, 0.2) is 23.6 Å². The molecule has 21 heteroatoms. The van der Waals surface area contributed by atoms with Crippen molar-refractivity contribution >= 4 is 66.4 Å². The van der Waals surface area contributed by atoms with Gasteiger partial charge in [0, 0.05) is 19.6 Å². The van der Waals surface area contributed by atoms with Crippen LogP contribution in [0, 0.1) is 0 Å². The molecule has 6 rings (SSSR count). The summed E-state index contributed by atoms with van der Waals surface area (Å²) in [5.41, 5.74) is 6.55. The first-order chi connectivity index (χ1) is 19.9. The Morgan fingerprint density at radius 3 is 2.69 bits per heavy atom. The molecule has 3 N–H and O–H groups in total. The number of nitrogens with one attached hydrogen (secondary N) is 1. The van der Waals surface area contributed by atoms with E-state index in [4.69, 9.17) is 28.6 Å². The van der Waals surface area contributed by atoms with E-state index in [1.165, 1.54) is 24.3 Å². The standard InChI is InChI=1S/C21H27N9O8P2S2/c1-10-3-14(20(36-10)29-9-25-16-18(29)27-21(22)28-19(16)31)38-40(33,42)35-7-15-26-13-6-23-8-24-17(13)30(15)11-4-12(5-11)37-39(32,41)34-2/h6,8-12,14,20H,3-5,7H2,1-2H3,(H,32,41)(H,33,42)(H3,22,27,28,31)/t10-,11-,12+,14-,20?,39?,40?/m1/s1. The summed E-state index contributed by atoms with van der Waals surface area (Å²) in [5.74, 6) is 0.330. The third kappa shape index (κ3) is 5.89. The zero-order valence-corrected chi connectivity index (χ0v) is 25.8. The Hall–Kier alpha value is -2.34. The van der Waals surface area contributed by atoms with Gasteiger partial charge in [-0.3, -0.25) is 27.9 Å². The summed E-state index contributed by atoms with van der Waals surface area (Å²) in [4.78, 5) is 35.9. The normalized spacial score (nSPS) is 27.2. The summed E-state index contributed by atoms with van der Waals surface area (Å²) in [5, 5.41) is 0. The van der Waals surface area contributed by atoms with Crippen LogP contribution in [0.4, 0.5) is 5.95 Å². The Kier molecular flexibility index (Phi) is 8.00. The van der Waals surface area contributed by atoms with Gasteiger partial charge in [-0.05, 0) is 19.8 Å². The van der Waals surface area contributed by atoms with Crippen molar-refractivity contribution in [3.8, 4) is 0 Å². The van der Waals surface area contributed by atoms with E-state index in [1.807, 2.05) is 11.5 Å². The van der Waals surface area contributed by atoms with Crippen LogP contribution in [0.5, 0.6) is 0 Å². The van der Waals surface area contributed by atoms with E-state index < -0.39 is 31.5 Å². The Morgan fingerprint density at radius 1 is 1.14 bits per heavy atom. The number of imidazole rings is 2. The van der Waals surface area contributed by atoms with E-state index in [0.717, 1.165) is 0 Å². The highest BCUT2D eigenvalue weighted by Crippen LogP contribution is 2.58.